The number of halogens is 1. The van der Waals surface area contributed by atoms with Gasteiger partial charge in [0.1, 0.15) is 18.1 Å². The van der Waals surface area contributed by atoms with Crippen LogP contribution in [0.25, 0.3) is 0 Å². The van der Waals surface area contributed by atoms with Crippen LogP contribution in [0.15, 0.2) is 42.5 Å². The maximum Gasteiger partial charge on any atom is 0.286 e. The molecule has 0 radical (unpaired) electrons. The van der Waals surface area contributed by atoms with E-state index < -0.39 is 11.8 Å². The number of hydrogen-bond donors (Lipinski definition) is 3. The first-order chi connectivity index (χ1) is 15.2. The monoisotopic (exact) mass is 453 g/mol. The van der Waals surface area contributed by atoms with E-state index in [2.05, 4.69) is 15.8 Å². The van der Waals surface area contributed by atoms with Crippen molar-refractivity contribution in [3.05, 3.63) is 86.7 Å². The summed E-state index contributed by atoms with van der Waals surface area (Å²) in [5.74, 6) is -0.421. The Kier molecular flexibility index (Phi) is 7.00. The lowest BCUT2D eigenvalue weighted by atomic mass is 10.1. The standard InChI is InChI=1S/C24H24ClN3O4/c1-13-11-19(9-10-20(13)25)32-12-17-5-7-18(8-6-17)23(30)27-28-24(31)22-14(2)21(16(4)29)15(3)26-22/h5-11,26H,12H2,1-4H3,(H,27,30)(H,28,31). The smallest absolute Gasteiger partial charge is 0.286 e. The van der Waals surface area contributed by atoms with Gasteiger partial charge in [0.25, 0.3) is 11.8 Å². The minimum atomic E-state index is -0.533. The lowest BCUT2D eigenvalue weighted by Gasteiger charge is -2.09. The number of carbonyl (C=O) groups excluding carboxylic acids is 3. The number of ketones is 1. The van der Waals surface area contributed by atoms with Crippen molar-refractivity contribution in [2.24, 2.45) is 0 Å². The van der Waals surface area contributed by atoms with E-state index in [4.69, 9.17) is 16.3 Å². The highest BCUT2D eigenvalue weighted by Crippen LogP contribution is 2.22. The summed E-state index contributed by atoms with van der Waals surface area (Å²) in [7, 11) is 0. The summed E-state index contributed by atoms with van der Waals surface area (Å²) in [5.41, 5.74) is 8.81. The number of aromatic amines is 1. The summed E-state index contributed by atoms with van der Waals surface area (Å²) < 4.78 is 5.75. The average Bonchev–Trinajstić information content (AvgIpc) is 3.07. The maximum absolute atomic E-state index is 12.4. The lowest BCUT2D eigenvalue weighted by Crippen LogP contribution is -2.42. The third-order valence-electron chi connectivity index (χ3n) is 5.06. The van der Waals surface area contributed by atoms with Gasteiger partial charge in [-0.2, -0.15) is 0 Å². The van der Waals surface area contributed by atoms with Gasteiger partial charge in [-0.25, -0.2) is 0 Å². The van der Waals surface area contributed by atoms with E-state index >= 15 is 0 Å². The Bertz CT molecular complexity index is 1180. The predicted molar refractivity (Wildman–Crippen MR) is 122 cm³/mol. The van der Waals surface area contributed by atoms with E-state index in [0.29, 0.717) is 39.8 Å². The SMILES string of the molecule is CC(=O)c1c(C)[nH]c(C(=O)NNC(=O)c2ccc(COc3ccc(Cl)c(C)c3)cc2)c1C. The second-order valence-corrected chi connectivity index (χ2v) is 7.89. The number of carbonyl (C=O) groups is 3. The van der Waals surface area contributed by atoms with Crippen molar-refractivity contribution in [1.82, 2.24) is 15.8 Å². The van der Waals surface area contributed by atoms with Crippen LogP contribution >= 0.6 is 11.6 Å². The van der Waals surface area contributed by atoms with E-state index in [1.54, 1.807) is 50.2 Å². The number of ether oxygens (including phenoxy) is 1. The van der Waals surface area contributed by atoms with Crippen LogP contribution in [0.5, 0.6) is 5.75 Å². The van der Waals surface area contributed by atoms with Crippen molar-refractivity contribution in [3.8, 4) is 5.75 Å². The Hall–Kier alpha value is -3.58. The number of amides is 2. The molecule has 0 bridgehead atoms. The van der Waals surface area contributed by atoms with E-state index in [0.717, 1.165) is 11.1 Å². The Morgan fingerprint density at radius 3 is 2.22 bits per heavy atom. The van der Waals surface area contributed by atoms with Gasteiger partial charge in [0.2, 0.25) is 0 Å². The molecule has 0 spiro atoms. The van der Waals surface area contributed by atoms with Gasteiger partial charge in [-0.3, -0.25) is 25.2 Å². The third-order valence-corrected chi connectivity index (χ3v) is 5.48. The fourth-order valence-electron chi connectivity index (χ4n) is 3.38. The second kappa shape index (κ2) is 9.70. The van der Waals surface area contributed by atoms with E-state index in [1.165, 1.54) is 6.92 Å². The zero-order valence-electron chi connectivity index (χ0n) is 18.3. The van der Waals surface area contributed by atoms with E-state index in [-0.39, 0.29) is 11.5 Å². The molecule has 2 amide bonds. The van der Waals surface area contributed by atoms with Crippen LogP contribution in [0.1, 0.15) is 60.5 Å². The fourth-order valence-corrected chi connectivity index (χ4v) is 3.50. The minimum absolute atomic E-state index is 0.130. The largest absolute Gasteiger partial charge is 0.489 e. The number of rotatable bonds is 6. The molecule has 0 saturated carbocycles. The summed E-state index contributed by atoms with van der Waals surface area (Å²) in [6.07, 6.45) is 0. The molecule has 0 unspecified atom stereocenters. The Balaban J connectivity index is 1.56. The quantitative estimate of drug-likeness (QED) is 0.379. The number of benzene rings is 2. The van der Waals surface area contributed by atoms with Gasteiger partial charge in [-0.1, -0.05) is 23.7 Å². The Morgan fingerprint density at radius 1 is 0.969 bits per heavy atom. The molecule has 3 aromatic rings. The summed E-state index contributed by atoms with van der Waals surface area (Å²) in [5, 5.41) is 0.681. The molecular formula is C24H24ClN3O4. The fraction of sp³-hybridized carbons (Fsp3) is 0.208. The molecule has 1 aromatic heterocycles. The topological polar surface area (TPSA) is 100 Å². The molecule has 0 saturated heterocycles. The van der Waals surface area contributed by atoms with Gasteiger partial charge in [-0.05, 0) is 74.7 Å². The first-order valence-corrected chi connectivity index (χ1v) is 10.3. The third kappa shape index (κ3) is 5.18. The molecule has 7 nitrogen and oxygen atoms in total. The Labute approximate surface area is 191 Å². The molecule has 2 aromatic carbocycles. The van der Waals surface area contributed by atoms with Crippen molar-refractivity contribution in [2.45, 2.75) is 34.3 Å². The van der Waals surface area contributed by atoms with Crippen LogP contribution in [0, 0.1) is 20.8 Å². The van der Waals surface area contributed by atoms with Gasteiger partial charge < -0.3 is 9.72 Å². The summed E-state index contributed by atoms with van der Waals surface area (Å²) in [4.78, 5) is 39.4. The summed E-state index contributed by atoms with van der Waals surface area (Å²) in [6, 6.07) is 12.3. The summed E-state index contributed by atoms with van der Waals surface area (Å²) in [6.45, 7) is 7.09. The van der Waals surface area contributed by atoms with Crippen LogP contribution in [0.4, 0.5) is 0 Å². The number of hydrogen-bond acceptors (Lipinski definition) is 4. The van der Waals surface area contributed by atoms with E-state index in [9.17, 15) is 14.4 Å². The van der Waals surface area contributed by atoms with Crippen molar-refractivity contribution >= 4 is 29.2 Å². The number of H-pyrrole nitrogens is 1. The van der Waals surface area contributed by atoms with Crippen molar-refractivity contribution in [1.29, 1.82) is 0 Å². The molecule has 3 N–H and O–H groups in total. The second-order valence-electron chi connectivity index (χ2n) is 7.49. The summed E-state index contributed by atoms with van der Waals surface area (Å²) >= 11 is 6.02. The average molecular weight is 454 g/mol. The molecule has 166 valence electrons. The molecule has 0 atom stereocenters. The molecule has 32 heavy (non-hydrogen) atoms. The number of hydrazine groups is 1. The van der Waals surface area contributed by atoms with Crippen molar-refractivity contribution in [2.75, 3.05) is 0 Å². The molecule has 8 heteroatoms. The van der Waals surface area contributed by atoms with Gasteiger partial charge >= 0.3 is 0 Å². The zero-order chi connectivity index (χ0) is 23.4. The highest BCUT2D eigenvalue weighted by molar-refractivity contribution is 6.31. The van der Waals surface area contributed by atoms with Crippen LogP contribution in [0.2, 0.25) is 5.02 Å². The minimum Gasteiger partial charge on any atom is -0.489 e. The molecule has 3 rings (SSSR count). The van der Waals surface area contributed by atoms with Gasteiger partial charge in [0, 0.05) is 21.8 Å². The first kappa shape index (κ1) is 23.1. The normalized spacial score (nSPS) is 10.5. The number of Topliss-reactive ketones (excluding diaryl/α,β-unsaturated/α-hetero) is 1. The maximum atomic E-state index is 12.4. The van der Waals surface area contributed by atoms with E-state index in [1.807, 2.05) is 13.0 Å². The molecule has 0 aliphatic heterocycles. The van der Waals surface area contributed by atoms with Crippen LogP contribution in [-0.2, 0) is 6.61 Å². The van der Waals surface area contributed by atoms with Crippen molar-refractivity contribution < 1.29 is 19.1 Å². The molecule has 0 fully saturated rings. The number of aromatic nitrogens is 1. The number of nitrogens with one attached hydrogen (secondary N) is 3. The molecular weight excluding hydrogens is 430 g/mol. The molecule has 0 aliphatic rings. The highest BCUT2D eigenvalue weighted by atomic mass is 35.5. The van der Waals surface area contributed by atoms with Crippen LogP contribution < -0.4 is 15.6 Å². The number of aryl methyl sites for hydroxylation is 2. The molecule has 0 aliphatic carbocycles. The lowest BCUT2D eigenvalue weighted by molar-refractivity contribution is 0.0843. The predicted octanol–water partition coefficient (Wildman–Crippen LogP) is 4.45. The van der Waals surface area contributed by atoms with Gasteiger partial charge in [0.05, 0.1) is 0 Å². The van der Waals surface area contributed by atoms with Gasteiger partial charge in [0.15, 0.2) is 5.78 Å². The van der Waals surface area contributed by atoms with Crippen molar-refractivity contribution in [3.63, 3.8) is 0 Å². The Morgan fingerprint density at radius 2 is 1.62 bits per heavy atom. The highest BCUT2D eigenvalue weighted by Gasteiger charge is 2.20. The molecule has 1 heterocycles. The first-order valence-electron chi connectivity index (χ1n) is 9.96. The zero-order valence-corrected chi connectivity index (χ0v) is 19.0. The van der Waals surface area contributed by atoms with Crippen LogP contribution in [-0.4, -0.2) is 22.6 Å². The van der Waals surface area contributed by atoms with Crippen LogP contribution in [0.3, 0.4) is 0 Å². The van der Waals surface area contributed by atoms with Gasteiger partial charge in [-0.15, -0.1) is 0 Å².